The maximum absolute atomic E-state index is 12.6. The maximum atomic E-state index is 12.6. The van der Waals surface area contributed by atoms with Crippen LogP contribution in [-0.2, 0) is 10.0 Å². The molecular weight excluding hydrogens is 360 g/mol. The number of sulfonamides is 1. The molecule has 2 aromatic carbocycles. The number of carboxylic acid groups (broad SMARTS) is 1. The Morgan fingerprint density at radius 1 is 1.12 bits per heavy atom. The molecule has 0 unspecified atom stereocenters. The number of carboxylic acids is 1. The molecule has 1 heterocycles. The van der Waals surface area contributed by atoms with Crippen LogP contribution >= 0.6 is 0 Å². The number of aromatic amines is 1. The summed E-state index contributed by atoms with van der Waals surface area (Å²) in [5, 5.41) is 9.38. The van der Waals surface area contributed by atoms with Gasteiger partial charge in [0.05, 0.1) is 17.6 Å². The van der Waals surface area contributed by atoms with Crippen LogP contribution in [0.25, 0.3) is 10.9 Å². The fourth-order valence-corrected chi connectivity index (χ4v) is 3.53. The largest absolute Gasteiger partial charge is 0.497 e. The normalized spacial score (nSPS) is 11.3. The first-order chi connectivity index (χ1) is 12.3. The molecule has 0 atom stereocenters. The Morgan fingerprint density at radius 2 is 1.81 bits per heavy atom. The van der Waals surface area contributed by atoms with E-state index in [2.05, 4.69) is 9.71 Å². The van der Waals surface area contributed by atoms with Crippen molar-refractivity contribution in [2.75, 3.05) is 11.8 Å². The highest BCUT2D eigenvalue weighted by Crippen LogP contribution is 2.23. The van der Waals surface area contributed by atoms with Crippen molar-refractivity contribution >= 4 is 32.6 Å². The number of aromatic nitrogens is 1. The number of H-pyrrole nitrogens is 1. The number of pyridine rings is 1. The summed E-state index contributed by atoms with van der Waals surface area (Å²) < 4.78 is 32.6. The summed E-state index contributed by atoms with van der Waals surface area (Å²) in [4.78, 5) is 25.2. The zero-order valence-corrected chi connectivity index (χ0v) is 14.3. The summed E-state index contributed by atoms with van der Waals surface area (Å²) in [5.41, 5.74) is -0.295. The van der Waals surface area contributed by atoms with Gasteiger partial charge in [0.15, 0.2) is 0 Å². The van der Waals surface area contributed by atoms with Gasteiger partial charge >= 0.3 is 5.97 Å². The van der Waals surface area contributed by atoms with E-state index in [4.69, 9.17) is 4.74 Å². The number of fused-ring (bicyclic) bond motifs is 1. The minimum absolute atomic E-state index is 0.120. The first kappa shape index (κ1) is 17.5. The molecule has 0 bridgehead atoms. The fourth-order valence-electron chi connectivity index (χ4n) is 2.45. The van der Waals surface area contributed by atoms with Crippen LogP contribution < -0.4 is 15.0 Å². The molecule has 9 heteroatoms. The number of ether oxygens (including phenoxy) is 1. The topological polar surface area (TPSA) is 126 Å². The van der Waals surface area contributed by atoms with Crippen molar-refractivity contribution in [3.05, 3.63) is 64.4 Å². The highest BCUT2D eigenvalue weighted by atomic mass is 32.2. The SMILES string of the molecule is COc1ccc(NS(=O)(=O)c2ccc3[nH]c(=O)cc(C(=O)O)c3c2)cc1. The minimum atomic E-state index is -3.95. The van der Waals surface area contributed by atoms with Gasteiger partial charge in [-0.1, -0.05) is 0 Å². The third-order valence-electron chi connectivity index (χ3n) is 3.70. The Balaban J connectivity index is 2.05. The van der Waals surface area contributed by atoms with E-state index in [1.54, 1.807) is 12.1 Å². The first-order valence-electron chi connectivity index (χ1n) is 7.37. The molecule has 0 saturated carbocycles. The molecule has 0 radical (unpaired) electrons. The van der Waals surface area contributed by atoms with Gasteiger partial charge in [-0.2, -0.15) is 0 Å². The molecule has 0 aliphatic rings. The number of rotatable bonds is 5. The Morgan fingerprint density at radius 3 is 2.42 bits per heavy atom. The summed E-state index contributed by atoms with van der Waals surface area (Å²) in [6.07, 6.45) is 0. The van der Waals surface area contributed by atoms with Crippen LogP contribution in [0.5, 0.6) is 5.75 Å². The van der Waals surface area contributed by atoms with Crippen molar-refractivity contribution in [2.45, 2.75) is 4.90 Å². The number of hydrogen-bond acceptors (Lipinski definition) is 5. The zero-order chi connectivity index (χ0) is 18.9. The first-order valence-corrected chi connectivity index (χ1v) is 8.86. The molecule has 1 aromatic heterocycles. The second-order valence-corrected chi connectivity index (χ2v) is 7.08. The molecule has 0 saturated heterocycles. The van der Waals surface area contributed by atoms with Crippen LogP contribution in [0.2, 0.25) is 0 Å². The highest BCUT2D eigenvalue weighted by molar-refractivity contribution is 7.92. The fraction of sp³-hybridized carbons (Fsp3) is 0.0588. The summed E-state index contributed by atoms with van der Waals surface area (Å²) in [7, 11) is -2.45. The molecule has 0 aliphatic heterocycles. The highest BCUT2D eigenvalue weighted by Gasteiger charge is 2.18. The van der Waals surface area contributed by atoms with Crippen molar-refractivity contribution in [1.29, 1.82) is 0 Å². The number of methoxy groups -OCH3 is 1. The molecule has 26 heavy (non-hydrogen) atoms. The van der Waals surface area contributed by atoms with Crippen LogP contribution in [0.1, 0.15) is 10.4 Å². The van der Waals surface area contributed by atoms with E-state index in [1.807, 2.05) is 0 Å². The molecule has 0 amide bonds. The lowest BCUT2D eigenvalue weighted by Gasteiger charge is -2.10. The molecule has 3 aromatic rings. The van der Waals surface area contributed by atoms with Crippen LogP contribution in [-0.4, -0.2) is 31.6 Å². The van der Waals surface area contributed by atoms with E-state index in [0.29, 0.717) is 11.4 Å². The molecule has 0 spiro atoms. The second-order valence-electron chi connectivity index (χ2n) is 5.39. The lowest BCUT2D eigenvalue weighted by atomic mass is 10.1. The summed E-state index contributed by atoms with van der Waals surface area (Å²) in [6, 6.07) is 11.0. The van der Waals surface area contributed by atoms with E-state index in [-0.39, 0.29) is 21.4 Å². The van der Waals surface area contributed by atoms with Crippen LogP contribution in [0.4, 0.5) is 5.69 Å². The summed E-state index contributed by atoms with van der Waals surface area (Å²) in [6.45, 7) is 0. The van der Waals surface area contributed by atoms with Gasteiger partial charge in [0, 0.05) is 22.7 Å². The van der Waals surface area contributed by atoms with Crippen molar-refractivity contribution < 1.29 is 23.1 Å². The average Bonchev–Trinajstić information content (AvgIpc) is 2.60. The Bertz CT molecular complexity index is 1150. The third kappa shape index (κ3) is 3.38. The van der Waals surface area contributed by atoms with Crippen molar-refractivity contribution in [2.24, 2.45) is 0 Å². The van der Waals surface area contributed by atoms with E-state index in [9.17, 15) is 23.1 Å². The number of carbonyl (C=O) groups is 1. The van der Waals surface area contributed by atoms with E-state index in [0.717, 1.165) is 6.07 Å². The molecular formula is C17H14N2O6S. The van der Waals surface area contributed by atoms with Crippen LogP contribution in [0.15, 0.2) is 58.2 Å². The second kappa shape index (κ2) is 6.52. The predicted molar refractivity (Wildman–Crippen MR) is 95.3 cm³/mol. The summed E-state index contributed by atoms with van der Waals surface area (Å²) >= 11 is 0. The standard InChI is InChI=1S/C17H14N2O6S/c1-25-11-4-2-10(3-5-11)19-26(23,24)12-6-7-15-13(8-12)14(17(21)22)9-16(20)18-15/h2-9,19H,1H3,(H,18,20)(H,21,22). The molecule has 134 valence electrons. The average molecular weight is 374 g/mol. The number of benzene rings is 2. The van der Waals surface area contributed by atoms with E-state index in [1.165, 1.54) is 37.4 Å². The van der Waals surface area contributed by atoms with E-state index < -0.39 is 21.6 Å². The maximum Gasteiger partial charge on any atom is 0.336 e. The van der Waals surface area contributed by atoms with Gasteiger partial charge in [-0.25, -0.2) is 13.2 Å². The van der Waals surface area contributed by atoms with Gasteiger partial charge in [-0.15, -0.1) is 0 Å². The molecule has 8 nitrogen and oxygen atoms in total. The quantitative estimate of drug-likeness (QED) is 0.627. The molecule has 0 aliphatic carbocycles. The number of anilines is 1. The Kier molecular flexibility index (Phi) is 4.39. The van der Waals surface area contributed by atoms with Gasteiger partial charge in [0.25, 0.3) is 10.0 Å². The van der Waals surface area contributed by atoms with Crippen molar-refractivity contribution in [1.82, 2.24) is 4.98 Å². The van der Waals surface area contributed by atoms with Gasteiger partial charge in [0.2, 0.25) is 5.56 Å². The smallest absolute Gasteiger partial charge is 0.336 e. The van der Waals surface area contributed by atoms with Gasteiger partial charge in [-0.3, -0.25) is 9.52 Å². The zero-order valence-electron chi connectivity index (χ0n) is 13.5. The lowest BCUT2D eigenvalue weighted by molar-refractivity contribution is 0.0698. The molecule has 3 N–H and O–H groups in total. The van der Waals surface area contributed by atoms with Gasteiger partial charge in [0.1, 0.15) is 5.75 Å². The third-order valence-corrected chi connectivity index (χ3v) is 5.08. The minimum Gasteiger partial charge on any atom is -0.497 e. The molecule has 3 rings (SSSR count). The van der Waals surface area contributed by atoms with Crippen LogP contribution in [0, 0.1) is 0 Å². The van der Waals surface area contributed by atoms with E-state index >= 15 is 0 Å². The van der Waals surface area contributed by atoms with Crippen molar-refractivity contribution in [3.8, 4) is 5.75 Å². The van der Waals surface area contributed by atoms with Crippen LogP contribution in [0.3, 0.4) is 0 Å². The Labute approximate surface area is 148 Å². The monoisotopic (exact) mass is 374 g/mol. The number of nitrogens with one attached hydrogen (secondary N) is 2. The lowest BCUT2D eigenvalue weighted by Crippen LogP contribution is -2.14. The summed E-state index contributed by atoms with van der Waals surface area (Å²) in [5.74, 6) is -0.743. The number of hydrogen-bond donors (Lipinski definition) is 3. The predicted octanol–water partition coefficient (Wildman–Crippen LogP) is 2.04. The van der Waals surface area contributed by atoms with Crippen molar-refractivity contribution in [3.63, 3.8) is 0 Å². The van der Waals surface area contributed by atoms with Gasteiger partial charge in [-0.05, 0) is 42.5 Å². The Hall–Kier alpha value is -3.33. The molecule has 0 fully saturated rings. The van der Waals surface area contributed by atoms with Gasteiger partial charge < -0.3 is 14.8 Å². The number of aromatic carboxylic acids is 1.